The average molecular weight is 241 g/mol. The maximum absolute atomic E-state index is 11.4. The minimum absolute atomic E-state index is 0.0785. The first-order valence-corrected chi connectivity index (χ1v) is 6.12. The van der Waals surface area contributed by atoms with E-state index in [1.807, 2.05) is 6.07 Å². The predicted octanol–water partition coefficient (Wildman–Crippen LogP) is 1.09. The van der Waals surface area contributed by atoms with Crippen LogP contribution in [0, 0.1) is 0 Å². The van der Waals surface area contributed by atoms with Crippen molar-refractivity contribution in [3.05, 3.63) is 51.8 Å². The Morgan fingerprint density at radius 1 is 1.28 bits per heavy atom. The van der Waals surface area contributed by atoms with Crippen LogP contribution in [0.3, 0.4) is 0 Å². The first-order valence-electron chi connectivity index (χ1n) is 6.12. The predicted molar refractivity (Wildman–Crippen MR) is 70.3 cm³/mol. The first kappa shape index (κ1) is 11.2. The number of hydrogen-bond donors (Lipinski definition) is 1. The Bertz CT molecular complexity index is 646. The Balaban J connectivity index is 2.16. The number of nitrogens with zero attached hydrogens (tertiary/aromatic N) is 2. The van der Waals surface area contributed by atoms with Crippen molar-refractivity contribution in [2.45, 2.75) is 13.0 Å². The fourth-order valence-corrected chi connectivity index (χ4v) is 2.42. The minimum Gasteiger partial charge on any atom is -0.312 e. The summed E-state index contributed by atoms with van der Waals surface area (Å²) in [7, 11) is 1.68. The van der Waals surface area contributed by atoms with Crippen LogP contribution in [0.5, 0.6) is 0 Å². The van der Waals surface area contributed by atoms with Gasteiger partial charge in [0.2, 0.25) is 0 Å². The lowest BCUT2D eigenvalue weighted by Crippen LogP contribution is -2.24. The molecular weight excluding hydrogens is 226 g/mol. The molecule has 4 nitrogen and oxygen atoms in total. The molecule has 1 aliphatic heterocycles. The van der Waals surface area contributed by atoms with Crippen molar-refractivity contribution < 1.29 is 0 Å². The van der Waals surface area contributed by atoms with Gasteiger partial charge in [-0.25, -0.2) is 4.68 Å². The fourth-order valence-electron chi connectivity index (χ4n) is 2.42. The molecule has 0 aliphatic carbocycles. The standard InChI is InChI=1S/C14H15N3O/c1-17-14(18)6-5-13(16-17)12-4-2-3-10-9-15-8-7-11(10)12/h2-6,15H,7-9H2,1H3. The van der Waals surface area contributed by atoms with Crippen LogP contribution >= 0.6 is 0 Å². The summed E-state index contributed by atoms with van der Waals surface area (Å²) >= 11 is 0. The maximum atomic E-state index is 11.4. The molecule has 0 amide bonds. The third-order valence-corrected chi connectivity index (χ3v) is 3.38. The summed E-state index contributed by atoms with van der Waals surface area (Å²) in [6, 6.07) is 9.65. The van der Waals surface area contributed by atoms with Gasteiger partial charge in [0.25, 0.3) is 5.56 Å². The maximum Gasteiger partial charge on any atom is 0.266 e. The van der Waals surface area contributed by atoms with Crippen LogP contribution in [-0.4, -0.2) is 16.3 Å². The van der Waals surface area contributed by atoms with E-state index in [0.717, 1.165) is 30.8 Å². The second-order valence-electron chi connectivity index (χ2n) is 4.55. The monoisotopic (exact) mass is 241 g/mol. The third-order valence-electron chi connectivity index (χ3n) is 3.38. The topological polar surface area (TPSA) is 46.9 Å². The molecule has 0 saturated carbocycles. The lowest BCUT2D eigenvalue weighted by Gasteiger charge is -2.20. The Kier molecular flexibility index (Phi) is 2.72. The number of aryl methyl sites for hydroxylation is 1. The highest BCUT2D eigenvalue weighted by atomic mass is 16.1. The molecule has 1 aromatic heterocycles. The molecule has 2 heterocycles. The van der Waals surface area contributed by atoms with Gasteiger partial charge in [-0.05, 0) is 30.2 Å². The van der Waals surface area contributed by atoms with E-state index < -0.39 is 0 Å². The molecule has 0 bridgehead atoms. The Labute approximate surface area is 105 Å². The van der Waals surface area contributed by atoms with Gasteiger partial charge < -0.3 is 5.32 Å². The summed E-state index contributed by atoms with van der Waals surface area (Å²) in [5.74, 6) is 0. The SMILES string of the molecule is Cn1nc(-c2cccc3c2CCNC3)ccc1=O. The highest BCUT2D eigenvalue weighted by Crippen LogP contribution is 2.26. The number of benzene rings is 1. The smallest absolute Gasteiger partial charge is 0.266 e. The zero-order chi connectivity index (χ0) is 12.5. The molecule has 0 unspecified atom stereocenters. The summed E-state index contributed by atoms with van der Waals surface area (Å²) in [6.45, 7) is 1.91. The molecule has 92 valence electrons. The van der Waals surface area contributed by atoms with Gasteiger partial charge in [-0.15, -0.1) is 0 Å². The Morgan fingerprint density at radius 3 is 3.00 bits per heavy atom. The van der Waals surface area contributed by atoms with E-state index in [1.54, 1.807) is 19.2 Å². The molecule has 0 radical (unpaired) electrons. The van der Waals surface area contributed by atoms with E-state index in [1.165, 1.54) is 15.8 Å². The van der Waals surface area contributed by atoms with Crippen LogP contribution in [-0.2, 0) is 20.0 Å². The van der Waals surface area contributed by atoms with Crippen molar-refractivity contribution in [1.82, 2.24) is 15.1 Å². The molecule has 0 saturated heterocycles. The molecule has 1 aliphatic rings. The van der Waals surface area contributed by atoms with E-state index in [9.17, 15) is 4.79 Å². The second kappa shape index (κ2) is 4.38. The van der Waals surface area contributed by atoms with Crippen LogP contribution in [0.25, 0.3) is 11.3 Å². The van der Waals surface area contributed by atoms with Gasteiger partial charge in [0.05, 0.1) is 5.69 Å². The molecule has 3 rings (SSSR count). The Morgan fingerprint density at radius 2 is 2.17 bits per heavy atom. The molecule has 4 heteroatoms. The van der Waals surface area contributed by atoms with E-state index >= 15 is 0 Å². The van der Waals surface area contributed by atoms with Crippen LogP contribution in [0.2, 0.25) is 0 Å². The third kappa shape index (κ3) is 1.84. The van der Waals surface area contributed by atoms with Crippen molar-refractivity contribution >= 4 is 0 Å². The van der Waals surface area contributed by atoms with Crippen molar-refractivity contribution in [1.29, 1.82) is 0 Å². The summed E-state index contributed by atoms with van der Waals surface area (Å²) in [5.41, 5.74) is 4.61. The number of hydrogen-bond acceptors (Lipinski definition) is 3. The minimum atomic E-state index is -0.0785. The van der Waals surface area contributed by atoms with E-state index in [4.69, 9.17) is 0 Å². The van der Waals surface area contributed by atoms with Gasteiger partial charge in [-0.3, -0.25) is 4.79 Å². The summed E-state index contributed by atoms with van der Waals surface area (Å²) < 4.78 is 1.38. The zero-order valence-electron chi connectivity index (χ0n) is 10.3. The summed E-state index contributed by atoms with van der Waals surface area (Å²) in [5, 5.41) is 7.70. The molecule has 2 aromatic rings. The van der Waals surface area contributed by atoms with Gasteiger partial charge in [0.15, 0.2) is 0 Å². The number of fused-ring (bicyclic) bond motifs is 1. The molecule has 18 heavy (non-hydrogen) atoms. The average Bonchev–Trinajstić information content (AvgIpc) is 2.41. The van der Waals surface area contributed by atoms with E-state index in [-0.39, 0.29) is 5.56 Å². The molecule has 0 spiro atoms. The van der Waals surface area contributed by atoms with Gasteiger partial charge in [-0.2, -0.15) is 5.10 Å². The second-order valence-corrected chi connectivity index (χ2v) is 4.55. The molecular formula is C14H15N3O. The first-order chi connectivity index (χ1) is 8.75. The summed E-state index contributed by atoms with van der Waals surface area (Å²) in [4.78, 5) is 11.4. The summed E-state index contributed by atoms with van der Waals surface area (Å²) in [6.07, 6.45) is 1.01. The largest absolute Gasteiger partial charge is 0.312 e. The molecule has 1 N–H and O–H groups in total. The lowest BCUT2D eigenvalue weighted by atomic mass is 9.94. The highest BCUT2D eigenvalue weighted by Gasteiger charge is 2.14. The molecule has 0 atom stereocenters. The van der Waals surface area contributed by atoms with Gasteiger partial charge in [-0.1, -0.05) is 18.2 Å². The van der Waals surface area contributed by atoms with Crippen molar-refractivity contribution in [3.63, 3.8) is 0 Å². The van der Waals surface area contributed by atoms with Gasteiger partial charge in [0, 0.05) is 25.2 Å². The van der Waals surface area contributed by atoms with E-state index in [0.29, 0.717) is 0 Å². The number of aromatic nitrogens is 2. The van der Waals surface area contributed by atoms with Crippen LogP contribution in [0.4, 0.5) is 0 Å². The van der Waals surface area contributed by atoms with Crippen molar-refractivity contribution in [2.75, 3.05) is 6.54 Å². The van der Waals surface area contributed by atoms with E-state index in [2.05, 4.69) is 22.5 Å². The number of nitrogens with one attached hydrogen (secondary N) is 1. The fraction of sp³-hybridized carbons (Fsp3) is 0.286. The van der Waals surface area contributed by atoms with Crippen molar-refractivity contribution in [2.24, 2.45) is 7.05 Å². The van der Waals surface area contributed by atoms with Crippen LogP contribution in [0.15, 0.2) is 35.1 Å². The normalized spacial score (nSPS) is 14.3. The van der Waals surface area contributed by atoms with Crippen LogP contribution in [0.1, 0.15) is 11.1 Å². The van der Waals surface area contributed by atoms with Gasteiger partial charge >= 0.3 is 0 Å². The quantitative estimate of drug-likeness (QED) is 0.813. The zero-order valence-corrected chi connectivity index (χ0v) is 10.3. The van der Waals surface area contributed by atoms with Gasteiger partial charge in [0.1, 0.15) is 0 Å². The Hall–Kier alpha value is -1.94. The lowest BCUT2D eigenvalue weighted by molar-refractivity contribution is 0.643. The van der Waals surface area contributed by atoms with Crippen molar-refractivity contribution in [3.8, 4) is 11.3 Å². The molecule has 1 aromatic carbocycles. The number of rotatable bonds is 1. The van der Waals surface area contributed by atoms with Crippen LogP contribution < -0.4 is 10.9 Å². The highest BCUT2D eigenvalue weighted by molar-refractivity contribution is 5.65. The molecule has 0 fully saturated rings.